The highest BCUT2D eigenvalue weighted by molar-refractivity contribution is 6.29. The average Bonchev–Trinajstić information content (AvgIpc) is 3.76. The van der Waals surface area contributed by atoms with Crippen LogP contribution in [0.3, 0.4) is 0 Å². The molecule has 0 saturated heterocycles. The molecule has 210 valence electrons. The third-order valence-electron chi connectivity index (χ3n) is 9.72. The third-order valence-corrected chi connectivity index (χ3v) is 9.72. The van der Waals surface area contributed by atoms with Gasteiger partial charge in [0.05, 0.1) is 27.8 Å². The van der Waals surface area contributed by atoms with Crippen LogP contribution in [-0.4, -0.2) is 9.13 Å². The van der Waals surface area contributed by atoms with E-state index in [1.807, 2.05) is 0 Å². The van der Waals surface area contributed by atoms with Gasteiger partial charge in [0, 0.05) is 32.8 Å². The Hall–Kier alpha value is -5.86. The Morgan fingerprint density at radius 2 is 1.00 bits per heavy atom. The molecule has 2 heteroatoms. The summed E-state index contributed by atoms with van der Waals surface area (Å²) >= 11 is 0. The van der Waals surface area contributed by atoms with Crippen LogP contribution in [0.2, 0.25) is 0 Å². The quantitative estimate of drug-likeness (QED) is 0.199. The molecular formula is C43H28N2. The number of fused-ring (bicyclic) bond motifs is 10. The SMILES string of the molecule is c1ccc(-c2cccc(-n3c4ccccc4c4c5c6ccccc6n(-c6cccc7c6-c6ccccc6C7)c5ccc43)c2)cc1. The van der Waals surface area contributed by atoms with Crippen LogP contribution < -0.4 is 0 Å². The molecule has 0 amide bonds. The van der Waals surface area contributed by atoms with Gasteiger partial charge in [-0.3, -0.25) is 0 Å². The zero-order valence-corrected chi connectivity index (χ0v) is 24.6. The van der Waals surface area contributed by atoms with Gasteiger partial charge < -0.3 is 9.13 Å². The summed E-state index contributed by atoms with van der Waals surface area (Å²) in [7, 11) is 0. The molecule has 0 atom stereocenters. The summed E-state index contributed by atoms with van der Waals surface area (Å²) in [6, 6.07) is 57.8. The Bertz CT molecular complexity index is 2620. The number of rotatable bonds is 3. The van der Waals surface area contributed by atoms with Crippen molar-refractivity contribution in [2.24, 2.45) is 0 Å². The van der Waals surface area contributed by atoms with Crippen molar-refractivity contribution in [1.29, 1.82) is 0 Å². The van der Waals surface area contributed by atoms with Crippen LogP contribution in [0.15, 0.2) is 158 Å². The molecule has 0 radical (unpaired) electrons. The maximum Gasteiger partial charge on any atom is 0.0549 e. The molecule has 0 N–H and O–H groups in total. The van der Waals surface area contributed by atoms with E-state index in [0.29, 0.717) is 0 Å². The van der Waals surface area contributed by atoms with Crippen molar-refractivity contribution in [3.8, 4) is 33.6 Å². The predicted octanol–water partition coefficient (Wildman–Crippen LogP) is 11.1. The van der Waals surface area contributed by atoms with E-state index in [2.05, 4.69) is 167 Å². The van der Waals surface area contributed by atoms with Gasteiger partial charge in [-0.15, -0.1) is 0 Å². The molecule has 7 aromatic carbocycles. The van der Waals surface area contributed by atoms with Crippen molar-refractivity contribution in [3.63, 3.8) is 0 Å². The smallest absolute Gasteiger partial charge is 0.0549 e. The Morgan fingerprint density at radius 3 is 1.80 bits per heavy atom. The first-order valence-corrected chi connectivity index (χ1v) is 15.7. The van der Waals surface area contributed by atoms with E-state index in [9.17, 15) is 0 Å². The fourth-order valence-corrected chi connectivity index (χ4v) is 7.87. The summed E-state index contributed by atoms with van der Waals surface area (Å²) in [5, 5.41) is 5.16. The summed E-state index contributed by atoms with van der Waals surface area (Å²) in [6.07, 6.45) is 0.982. The molecule has 0 fully saturated rings. The molecular weight excluding hydrogens is 544 g/mol. The lowest BCUT2D eigenvalue weighted by atomic mass is 10.0. The second-order valence-corrected chi connectivity index (χ2v) is 12.1. The van der Waals surface area contributed by atoms with Crippen LogP contribution in [0.5, 0.6) is 0 Å². The monoisotopic (exact) mass is 572 g/mol. The van der Waals surface area contributed by atoms with Crippen LogP contribution >= 0.6 is 0 Å². The highest BCUT2D eigenvalue weighted by Crippen LogP contribution is 2.46. The van der Waals surface area contributed by atoms with Crippen molar-refractivity contribution in [2.75, 3.05) is 0 Å². The van der Waals surface area contributed by atoms with Crippen molar-refractivity contribution in [2.45, 2.75) is 6.42 Å². The Labute approximate surface area is 261 Å². The van der Waals surface area contributed by atoms with Gasteiger partial charge in [-0.05, 0) is 76.7 Å². The number of nitrogens with zero attached hydrogens (tertiary/aromatic N) is 2. The van der Waals surface area contributed by atoms with Crippen LogP contribution in [-0.2, 0) is 6.42 Å². The number of hydrogen-bond donors (Lipinski definition) is 0. The van der Waals surface area contributed by atoms with E-state index in [1.165, 1.54) is 88.4 Å². The molecule has 0 unspecified atom stereocenters. The lowest BCUT2D eigenvalue weighted by Gasteiger charge is -2.14. The van der Waals surface area contributed by atoms with E-state index in [4.69, 9.17) is 0 Å². The molecule has 1 aliphatic carbocycles. The van der Waals surface area contributed by atoms with Gasteiger partial charge in [-0.2, -0.15) is 0 Å². The van der Waals surface area contributed by atoms with Gasteiger partial charge in [0.25, 0.3) is 0 Å². The summed E-state index contributed by atoms with van der Waals surface area (Å²) in [5.41, 5.74) is 15.3. The molecule has 0 spiro atoms. The molecule has 2 heterocycles. The molecule has 0 aliphatic heterocycles. The maximum atomic E-state index is 2.51. The minimum Gasteiger partial charge on any atom is -0.309 e. The van der Waals surface area contributed by atoms with Crippen LogP contribution in [0.4, 0.5) is 0 Å². The summed E-state index contributed by atoms with van der Waals surface area (Å²) < 4.78 is 4.95. The molecule has 2 nitrogen and oxygen atoms in total. The minimum atomic E-state index is 0.982. The van der Waals surface area contributed by atoms with E-state index in [1.54, 1.807) is 0 Å². The van der Waals surface area contributed by atoms with E-state index in [0.717, 1.165) is 6.42 Å². The van der Waals surface area contributed by atoms with Gasteiger partial charge in [-0.1, -0.05) is 115 Å². The van der Waals surface area contributed by atoms with Gasteiger partial charge in [0.2, 0.25) is 0 Å². The summed E-state index contributed by atoms with van der Waals surface area (Å²) in [6.45, 7) is 0. The van der Waals surface area contributed by atoms with E-state index in [-0.39, 0.29) is 0 Å². The first-order chi connectivity index (χ1) is 22.3. The predicted molar refractivity (Wildman–Crippen MR) is 189 cm³/mol. The second-order valence-electron chi connectivity index (χ2n) is 12.1. The molecule has 10 rings (SSSR count). The van der Waals surface area contributed by atoms with E-state index < -0.39 is 0 Å². The van der Waals surface area contributed by atoms with Crippen LogP contribution in [0.1, 0.15) is 11.1 Å². The molecule has 1 aliphatic rings. The maximum absolute atomic E-state index is 2.51. The zero-order valence-electron chi connectivity index (χ0n) is 24.6. The summed E-state index contributed by atoms with van der Waals surface area (Å²) in [4.78, 5) is 0. The average molecular weight is 573 g/mol. The lowest BCUT2D eigenvalue weighted by molar-refractivity contribution is 1.17. The van der Waals surface area contributed by atoms with Crippen molar-refractivity contribution >= 4 is 43.6 Å². The highest BCUT2D eigenvalue weighted by Gasteiger charge is 2.25. The second kappa shape index (κ2) is 9.32. The Morgan fingerprint density at radius 1 is 0.400 bits per heavy atom. The number of aromatic nitrogens is 2. The van der Waals surface area contributed by atoms with Crippen LogP contribution in [0, 0.1) is 0 Å². The fourth-order valence-electron chi connectivity index (χ4n) is 7.87. The number of benzene rings is 7. The minimum absolute atomic E-state index is 0.982. The van der Waals surface area contributed by atoms with Crippen molar-refractivity contribution < 1.29 is 0 Å². The largest absolute Gasteiger partial charge is 0.309 e. The van der Waals surface area contributed by atoms with Gasteiger partial charge >= 0.3 is 0 Å². The number of hydrogen-bond acceptors (Lipinski definition) is 0. The van der Waals surface area contributed by atoms with Crippen molar-refractivity contribution in [3.05, 3.63) is 169 Å². The van der Waals surface area contributed by atoms with Gasteiger partial charge in [0.15, 0.2) is 0 Å². The van der Waals surface area contributed by atoms with Crippen LogP contribution in [0.25, 0.3) is 77.2 Å². The highest BCUT2D eigenvalue weighted by atomic mass is 15.0. The standard InChI is InChI=1S/C43H28N2/c1-2-12-28(13-3-1)29-15-10-17-32(27-29)44-36-21-8-6-19-34(36)42-39(44)24-25-40-43(42)35-20-7-9-22-37(35)45(40)38-23-11-16-31-26-30-14-4-5-18-33(30)41(31)38/h1-25,27H,26H2. The first-order valence-electron chi connectivity index (χ1n) is 15.7. The fraction of sp³-hybridized carbons (Fsp3) is 0.0233. The molecule has 45 heavy (non-hydrogen) atoms. The van der Waals surface area contributed by atoms with Gasteiger partial charge in [0.1, 0.15) is 0 Å². The van der Waals surface area contributed by atoms with Gasteiger partial charge in [-0.25, -0.2) is 0 Å². The first kappa shape index (κ1) is 24.6. The Balaban J connectivity index is 1.31. The normalized spacial score (nSPS) is 12.4. The summed E-state index contributed by atoms with van der Waals surface area (Å²) in [5.74, 6) is 0. The third kappa shape index (κ3) is 3.45. The molecule has 0 bridgehead atoms. The number of para-hydroxylation sites is 2. The molecule has 2 aromatic heterocycles. The van der Waals surface area contributed by atoms with Crippen molar-refractivity contribution in [1.82, 2.24) is 9.13 Å². The lowest BCUT2D eigenvalue weighted by Crippen LogP contribution is -1.98. The molecule has 9 aromatic rings. The molecule has 0 saturated carbocycles. The van der Waals surface area contributed by atoms with E-state index >= 15 is 0 Å². The zero-order chi connectivity index (χ0) is 29.5. The Kier molecular flexibility index (Phi) is 5.09. The topological polar surface area (TPSA) is 9.86 Å².